The van der Waals surface area contributed by atoms with Gasteiger partial charge in [-0.15, -0.1) is 0 Å². The second-order valence-electron chi connectivity index (χ2n) is 7.53. The number of esters is 1. The molecule has 0 aliphatic carbocycles. The maximum atomic E-state index is 11.9. The molecule has 0 bridgehead atoms. The quantitative estimate of drug-likeness (QED) is 0.471. The highest BCUT2D eigenvalue weighted by Crippen LogP contribution is 2.25. The van der Waals surface area contributed by atoms with Gasteiger partial charge in [-0.2, -0.15) is 0 Å². The van der Waals surface area contributed by atoms with Crippen LogP contribution >= 0.6 is 0 Å². The predicted molar refractivity (Wildman–Crippen MR) is 108 cm³/mol. The van der Waals surface area contributed by atoms with Gasteiger partial charge in [0, 0.05) is 32.1 Å². The fourth-order valence-electron chi connectivity index (χ4n) is 3.36. The summed E-state index contributed by atoms with van der Waals surface area (Å²) in [6, 6.07) is 8.19. The molecule has 0 atom stereocenters. The molecule has 6 nitrogen and oxygen atoms in total. The van der Waals surface area contributed by atoms with Gasteiger partial charge in [0.25, 0.3) is 0 Å². The van der Waals surface area contributed by atoms with E-state index in [1.807, 2.05) is 19.1 Å². The summed E-state index contributed by atoms with van der Waals surface area (Å²) in [7, 11) is 3.48. The Labute approximate surface area is 162 Å². The zero-order valence-electron chi connectivity index (χ0n) is 17.2. The number of carbonyl (C=O) groups is 1. The molecule has 150 valence electrons. The van der Waals surface area contributed by atoms with E-state index in [1.54, 1.807) is 14.2 Å². The first-order valence-corrected chi connectivity index (χ1v) is 9.68. The molecule has 1 aromatic rings. The molecule has 0 amide bonds. The number of hydrogen-bond acceptors (Lipinski definition) is 4. The van der Waals surface area contributed by atoms with Gasteiger partial charge in [-0.05, 0) is 37.5 Å². The van der Waals surface area contributed by atoms with Crippen molar-refractivity contribution in [1.29, 1.82) is 0 Å². The molecule has 1 saturated heterocycles. The van der Waals surface area contributed by atoms with Crippen LogP contribution < -0.4 is 10.1 Å². The van der Waals surface area contributed by atoms with Gasteiger partial charge in [0.1, 0.15) is 5.75 Å². The third-order valence-electron chi connectivity index (χ3n) is 5.19. The molecule has 0 unspecified atom stereocenters. The van der Waals surface area contributed by atoms with E-state index in [0.717, 1.165) is 44.2 Å². The average Bonchev–Trinajstić information content (AvgIpc) is 2.69. The number of ether oxygens (including phenoxy) is 2. The molecule has 1 aromatic carbocycles. The molecule has 27 heavy (non-hydrogen) atoms. The summed E-state index contributed by atoms with van der Waals surface area (Å²) in [5.41, 5.74) is 1.19. The lowest BCUT2D eigenvalue weighted by atomic mass is 9.84. The van der Waals surface area contributed by atoms with Gasteiger partial charge in [-0.1, -0.05) is 26.0 Å². The predicted octanol–water partition coefficient (Wildman–Crippen LogP) is 2.82. The summed E-state index contributed by atoms with van der Waals surface area (Å²) in [6.45, 7) is 9.11. The molecule has 1 N–H and O–H groups in total. The first kappa shape index (κ1) is 21.1. The minimum atomic E-state index is -0.0688. The standard InChI is InChI=1S/C21H33N3O3/c1-6-27-19(25)16-11-13-24(14-12-16)20(22-4)23-15-21(2,3)17-7-9-18(26-5)10-8-17/h7-10,16H,6,11-15H2,1-5H3,(H,22,23). The number of hydrogen-bond donors (Lipinski definition) is 1. The van der Waals surface area contributed by atoms with E-state index in [0.29, 0.717) is 6.61 Å². The van der Waals surface area contributed by atoms with Crippen LogP contribution in [0.1, 0.15) is 39.2 Å². The van der Waals surface area contributed by atoms with Crippen molar-refractivity contribution in [3.8, 4) is 5.75 Å². The number of likely N-dealkylation sites (tertiary alicyclic amines) is 1. The smallest absolute Gasteiger partial charge is 0.309 e. The Kier molecular flexibility index (Phi) is 7.51. The highest BCUT2D eigenvalue weighted by Gasteiger charge is 2.28. The summed E-state index contributed by atoms with van der Waals surface area (Å²) in [5, 5.41) is 3.50. The van der Waals surface area contributed by atoms with Crippen molar-refractivity contribution in [2.45, 2.75) is 39.0 Å². The highest BCUT2D eigenvalue weighted by atomic mass is 16.5. The van der Waals surface area contributed by atoms with Crippen LogP contribution in [0.2, 0.25) is 0 Å². The van der Waals surface area contributed by atoms with Gasteiger partial charge in [0.05, 0.1) is 19.6 Å². The number of methoxy groups -OCH3 is 1. The van der Waals surface area contributed by atoms with Crippen LogP contribution in [0.4, 0.5) is 0 Å². The Bertz CT molecular complexity index is 633. The van der Waals surface area contributed by atoms with Gasteiger partial charge in [-0.25, -0.2) is 0 Å². The number of nitrogens with zero attached hydrogens (tertiary/aromatic N) is 2. The molecule has 2 rings (SSSR count). The van der Waals surface area contributed by atoms with E-state index in [9.17, 15) is 4.79 Å². The fourth-order valence-corrected chi connectivity index (χ4v) is 3.36. The van der Waals surface area contributed by atoms with Crippen LogP contribution in [0.5, 0.6) is 5.75 Å². The molecule has 0 spiro atoms. The lowest BCUT2D eigenvalue weighted by Crippen LogP contribution is -2.49. The van der Waals surface area contributed by atoms with Gasteiger partial charge >= 0.3 is 5.97 Å². The van der Waals surface area contributed by atoms with E-state index in [1.165, 1.54) is 5.56 Å². The van der Waals surface area contributed by atoms with Crippen LogP contribution in [-0.4, -0.2) is 57.2 Å². The summed E-state index contributed by atoms with van der Waals surface area (Å²) in [4.78, 5) is 18.6. The van der Waals surface area contributed by atoms with Crippen molar-refractivity contribution in [3.05, 3.63) is 29.8 Å². The van der Waals surface area contributed by atoms with Crippen molar-refractivity contribution < 1.29 is 14.3 Å². The Morgan fingerprint density at radius 3 is 2.41 bits per heavy atom. The first-order chi connectivity index (χ1) is 12.9. The van der Waals surface area contributed by atoms with E-state index in [4.69, 9.17) is 9.47 Å². The first-order valence-electron chi connectivity index (χ1n) is 9.68. The number of nitrogens with one attached hydrogen (secondary N) is 1. The second kappa shape index (κ2) is 9.62. The Morgan fingerprint density at radius 1 is 1.26 bits per heavy atom. The largest absolute Gasteiger partial charge is 0.497 e. The van der Waals surface area contributed by atoms with Crippen molar-refractivity contribution >= 4 is 11.9 Å². The molecule has 1 fully saturated rings. The van der Waals surface area contributed by atoms with Crippen molar-refractivity contribution in [2.75, 3.05) is 40.4 Å². The van der Waals surface area contributed by atoms with Gasteiger partial charge in [-0.3, -0.25) is 9.79 Å². The van der Waals surface area contributed by atoms with Crippen LogP contribution in [-0.2, 0) is 14.9 Å². The topological polar surface area (TPSA) is 63.2 Å². The highest BCUT2D eigenvalue weighted by molar-refractivity contribution is 5.80. The molecule has 1 heterocycles. The molecule has 1 aliphatic rings. The number of benzene rings is 1. The minimum Gasteiger partial charge on any atom is -0.497 e. The Morgan fingerprint density at radius 2 is 1.89 bits per heavy atom. The maximum Gasteiger partial charge on any atom is 0.309 e. The Balaban J connectivity index is 1.90. The molecular formula is C21H33N3O3. The Hall–Kier alpha value is -2.24. The third-order valence-corrected chi connectivity index (χ3v) is 5.19. The summed E-state index contributed by atoms with van der Waals surface area (Å²) >= 11 is 0. The number of guanidine groups is 1. The summed E-state index contributed by atoms with van der Waals surface area (Å²) in [5.74, 6) is 1.69. The number of piperidine rings is 1. The zero-order chi connectivity index (χ0) is 19.9. The lowest BCUT2D eigenvalue weighted by molar-refractivity contribution is -0.149. The lowest BCUT2D eigenvalue weighted by Gasteiger charge is -2.35. The SMILES string of the molecule is CCOC(=O)C1CCN(C(=NC)NCC(C)(C)c2ccc(OC)cc2)CC1. The van der Waals surface area contributed by atoms with Crippen LogP contribution in [0.15, 0.2) is 29.3 Å². The number of aliphatic imine (C=N–C) groups is 1. The van der Waals surface area contributed by atoms with E-state index >= 15 is 0 Å². The minimum absolute atomic E-state index is 0.00930. The van der Waals surface area contributed by atoms with Gasteiger partial charge < -0.3 is 19.7 Å². The number of carbonyl (C=O) groups excluding carboxylic acids is 1. The third kappa shape index (κ3) is 5.62. The van der Waals surface area contributed by atoms with E-state index in [-0.39, 0.29) is 17.3 Å². The van der Waals surface area contributed by atoms with E-state index in [2.05, 4.69) is 41.2 Å². The van der Waals surface area contributed by atoms with Crippen LogP contribution in [0.3, 0.4) is 0 Å². The molecule has 0 aromatic heterocycles. The molecule has 6 heteroatoms. The summed E-state index contributed by atoms with van der Waals surface area (Å²) < 4.78 is 10.4. The summed E-state index contributed by atoms with van der Waals surface area (Å²) in [6.07, 6.45) is 1.61. The van der Waals surface area contributed by atoms with Crippen LogP contribution in [0, 0.1) is 5.92 Å². The normalized spacial score (nSPS) is 16.2. The molecule has 0 radical (unpaired) electrons. The maximum absolute atomic E-state index is 11.9. The monoisotopic (exact) mass is 375 g/mol. The number of rotatable bonds is 6. The zero-order valence-corrected chi connectivity index (χ0v) is 17.2. The molecular weight excluding hydrogens is 342 g/mol. The van der Waals surface area contributed by atoms with Gasteiger partial charge in [0.2, 0.25) is 0 Å². The van der Waals surface area contributed by atoms with Gasteiger partial charge in [0.15, 0.2) is 5.96 Å². The van der Waals surface area contributed by atoms with Crippen molar-refractivity contribution in [3.63, 3.8) is 0 Å². The van der Waals surface area contributed by atoms with E-state index < -0.39 is 0 Å². The fraction of sp³-hybridized carbons (Fsp3) is 0.619. The van der Waals surface area contributed by atoms with Crippen LogP contribution in [0.25, 0.3) is 0 Å². The van der Waals surface area contributed by atoms with Crippen molar-refractivity contribution in [1.82, 2.24) is 10.2 Å². The van der Waals surface area contributed by atoms with Crippen molar-refractivity contribution in [2.24, 2.45) is 10.9 Å². The molecule has 1 aliphatic heterocycles. The average molecular weight is 376 g/mol. The second-order valence-corrected chi connectivity index (χ2v) is 7.53. The molecule has 0 saturated carbocycles.